The van der Waals surface area contributed by atoms with Gasteiger partial charge in [-0.2, -0.15) is 0 Å². The molecule has 1 nitrogen and oxygen atoms in total. The van der Waals surface area contributed by atoms with E-state index >= 15 is 0 Å². The normalized spacial score (nSPS) is 13.9. The molecule has 0 heterocycles. The largest absolute Gasteiger partial charge is 0.508 e. The summed E-state index contributed by atoms with van der Waals surface area (Å²) >= 11 is 0. The zero-order valence-corrected chi connectivity index (χ0v) is 20.6. The predicted octanol–water partition coefficient (Wildman–Crippen LogP) is 9.00. The average molecular weight is 457 g/mol. The third-order valence-electron chi connectivity index (χ3n) is 7.49. The van der Waals surface area contributed by atoms with Crippen molar-refractivity contribution < 1.29 is 5.11 Å². The number of rotatable bonds is 6. The molecule has 174 valence electrons. The molecule has 0 aliphatic carbocycles. The van der Waals surface area contributed by atoms with Crippen LogP contribution in [0, 0.1) is 0 Å². The molecule has 0 bridgehead atoms. The van der Waals surface area contributed by atoms with Crippen LogP contribution < -0.4 is 0 Å². The Hall–Kier alpha value is -3.84. The molecule has 5 aromatic carbocycles. The third kappa shape index (κ3) is 4.59. The Kier molecular flexibility index (Phi) is 6.42. The molecular weight excluding hydrogens is 424 g/mol. The van der Waals surface area contributed by atoms with Crippen LogP contribution in [0.15, 0.2) is 115 Å². The van der Waals surface area contributed by atoms with Crippen LogP contribution in [-0.2, 0) is 0 Å². The van der Waals surface area contributed by atoms with Gasteiger partial charge in [-0.15, -0.1) is 0 Å². The van der Waals surface area contributed by atoms with E-state index in [1.54, 1.807) is 0 Å². The molecule has 0 saturated carbocycles. The molecule has 0 aliphatic rings. The number of phenolic OH excluding ortho intramolecular Hbond substituents is 1. The first-order chi connectivity index (χ1) is 17.0. The van der Waals surface area contributed by atoms with Crippen LogP contribution in [0.2, 0.25) is 0 Å². The molecule has 0 amide bonds. The van der Waals surface area contributed by atoms with Gasteiger partial charge in [0.2, 0.25) is 0 Å². The molecule has 5 rings (SSSR count). The second-order valence-corrected chi connectivity index (χ2v) is 9.64. The number of hydrogen-bond acceptors (Lipinski definition) is 1. The van der Waals surface area contributed by atoms with E-state index in [-0.39, 0.29) is 17.8 Å². The molecule has 1 N–H and O–H groups in total. The fourth-order valence-electron chi connectivity index (χ4n) is 5.20. The fourth-order valence-corrected chi connectivity index (χ4v) is 5.20. The van der Waals surface area contributed by atoms with Crippen LogP contribution in [0.5, 0.6) is 5.75 Å². The molecule has 3 unspecified atom stereocenters. The molecule has 3 atom stereocenters. The van der Waals surface area contributed by atoms with Crippen molar-refractivity contribution >= 4 is 10.8 Å². The first kappa shape index (κ1) is 22.9. The minimum absolute atomic E-state index is 0.103. The van der Waals surface area contributed by atoms with Gasteiger partial charge in [0.05, 0.1) is 0 Å². The van der Waals surface area contributed by atoms with Crippen molar-refractivity contribution in [3.05, 3.63) is 149 Å². The van der Waals surface area contributed by atoms with Crippen LogP contribution >= 0.6 is 0 Å². The second kappa shape index (κ2) is 9.80. The van der Waals surface area contributed by atoms with Gasteiger partial charge in [0, 0.05) is 23.3 Å². The first-order valence-electron chi connectivity index (χ1n) is 12.5. The number of phenols is 1. The van der Waals surface area contributed by atoms with E-state index < -0.39 is 0 Å². The van der Waals surface area contributed by atoms with E-state index in [0.717, 1.165) is 10.9 Å². The summed E-state index contributed by atoms with van der Waals surface area (Å²) in [6.45, 7) is 6.71. The summed E-state index contributed by atoms with van der Waals surface area (Å²) in [6.07, 6.45) is 0. The van der Waals surface area contributed by atoms with Gasteiger partial charge in [0.25, 0.3) is 0 Å². The Bertz CT molecular complexity index is 1420. The van der Waals surface area contributed by atoms with Crippen molar-refractivity contribution in [3.63, 3.8) is 0 Å². The standard InChI is InChI=1S/C34H32O/c1-23(26-13-7-4-8-14-26)29-19-30-21-32(25(3)28-17-11-6-12-18-28)34(35)22-33(30)31(20-29)24(2)27-15-9-5-10-16-27/h4-25,35H,1-3H3. The van der Waals surface area contributed by atoms with Gasteiger partial charge in [0.15, 0.2) is 0 Å². The second-order valence-electron chi connectivity index (χ2n) is 9.64. The number of benzene rings is 5. The van der Waals surface area contributed by atoms with Crippen molar-refractivity contribution in [1.82, 2.24) is 0 Å². The maximum absolute atomic E-state index is 11.2. The highest BCUT2D eigenvalue weighted by molar-refractivity contribution is 5.90. The lowest BCUT2D eigenvalue weighted by molar-refractivity contribution is 0.467. The number of hydrogen-bond donors (Lipinski definition) is 1. The van der Waals surface area contributed by atoms with E-state index in [2.05, 4.69) is 124 Å². The van der Waals surface area contributed by atoms with Crippen molar-refractivity contribution in [2.45, 2.75) is 38.5 Å². The van der Waals surface area contributed by atoms with Crippen LogP contribution in [0.25, 0.3) is 10.8 Å². The van der Waals surface area contributed by atoms with E-state index in [9.17, 15) is 5.11 Å². The highest BCUT2D eigenvalue weighted by atomic mass is 16.3. The zero-order valence-electron chi connectivity index (χ0n) is 20.6. The van der Waals surface area contributed by atoms with Gasteiger partial charge in [0.1, 0.15) is 5.75 Å². The van der Waals surface area contributed by atoms with Crippen molar-refractivity contribution in [2.24, 2.45) is 0 Å². The summed E-state index contributed by atoms with van der Waals surface area (Å²) in [5, 5.41) is 13.5. The molecule has 0 saturated heterocycles. The summed E-state index contributed by atoms with van der Waals surface area (Å²) in [4.78, 5) is 0. The van der Waals surface area contributed by atoms with Crippen LogP contribution in [0.1, 0.15) is 71.9 Å². The summed E-state index contributed by atoms with van der Waals surface area (Å²) in [5.74, 6) is 0.939. The smallest absolute Gasteiger partial charge is 0.120 e. The minimum atomic E-state index is 0.103. The third-order valence-corrected chi connectivity index (χ3v) is 7.49. The highest BCUT2D eigenvalue weighted by Crippen LogP contribution is 2.40. The molecule has 0 aliphatic heterocycles. The van der Waals surface area contributed by atoms with E-state index in [4.69, 9.17) is 0 Å². The summed E-state index contributed by atoms with van der Waals surface area (Å²) in [7, 11) is 0. The van der Waals surface area contributed by atoms with Gasteiger partial charge >= 0.3 is 0 Å². The van der Waals surface area contributed by atoms with E-state index in [1.165, 1.54) is 33.2 Å². The number of aromatic hydroxyl groups is 1. The van der Waals surface area contributed by atoms with Gasteiger partial charge < -0.3 is 5.11 Å². The van der Waals surface area contributed by atoms with E-state index in [0.29, 0.717) is 5.75 Å². The quantitative estimate of drug-likeness (QED) is 0.270. The molecule has 1 heteroatoms. The Morgan fingerprint density at radius 1 is 0.457 bits per heavy atom. The molecule has 0 fully saturated rings. The lowest BCUT2D eigenvalue weighted by atomic mass is 9.82. The van der Waals surface area contributed by atoms with Crippen LogP contribution in [-0.4, -0.2) is 5.11 Å². The predicted molar refractivity (Wildman–Crippen MR) is 147 cm³/mol. The summed E-state index contributed by atoms with van der Waals surface area (Å²) in [5.41, 5.74) is 7.30. The Morgan fingerprint density at radius 3 is 1.43 bits per heavy atom. The Morgan fingerprint density at radius 2 is 0.914 bits per heavy atom. The van der Waals surface area contributed by atoms with Crippen molar-refractivity contribution in [2.75, 3.05) is 0 Å². The fraction of sp³-hybridized carbons (Fsp3) is 0.176. The minimum Gasteiger partial charge on any atom is -0.508 e. The number of fused-ring (bicyclic) bond motifs is 1. The molecule has 0 aromatic heterocycles. The first-order valence-corrected chi connectivity index (χ1v) is 12.5. The topological polar surface area (TPSA) is 20.2 Å². The van der Waals surface area contributed by atoms with Crippen molar-refractivity contribution in [3.8, 4) is 5.75 Å². The molecule has 0 spiro atoms. The SMILES string of the molecule is CC(c1ccccc1)c1cc(C(C)c2ccccc2)c2cc(O)c(C(C)c3ccccc3)cc2c1. The Labute approximate surface area is 208 Å². The summed E-state index contributed by atoms with van der Waals surface area (Å²) < 4.78 is 0. The van der Waals surface area contributed by atoms with Gasteiger partial charge in [-0.25, -0.2) is 0 Å². The Balaban J connectivity index is 1.70. The van der Waals surface area contributed by atoms with E-state index in [1.807, 2.05) is 12.1 Å². The average Bonchev–Trinajstić information content (AvgIpc) is 2.92. The van der Waals surface area contributed by atoms with Gasteiger partial charge in [-0.05, 0) is 50.7 Å². The summed E-state index contributed by atoms with van der Waals surface area (Å²) in [6, 6.07) is 40.6. The highest BCUT2D eigenvalue weighted by Gasteiger charge is 2.20. The molecule has 0 radical (unpaired) electrons. The zero-order chi connectivity index (χ0) is 24.4. The molecule has 5 aromatic rings. The van der Waals surface area contributed by atoms with Gasteiger partial charge in [-0.3, -0.25) is 0 Å². The monoisotopic (exact) mass is 456 g/mol. The lowest BCUT2D eigenvalue weighted by Gasteiger charge is -2.22. The van der Waals surface area contributed by atoms with Crippen LogP contribution in [0.4, 0.5) is 0 Å². The molecular formula is C34H32O. The van der Waals surface area contributed by atoms with Crippen LogP contribution in [0.3, 0.4) is 0 Å². The van der Waals surface area contributed by atoms with Crippen molar-refractivity contribution in [1.29, 1.82) is 0 Å². The van der Waals surface area contributed by atoms with Gasteiger partial charge in [-0.1, -0.05) is 124 Å². The molecule has 35 heavy (non-hydrogen) atoms. The maximum Gasteiger partial charge on any atom is 0.120 e. The lowest BCUT2D eigenvalue weighted by Crippen LogP contribution is -2.03. The maximum atomic E-state index is 11.2.